The van der Waals surface area contributed by atoms with Gasteiger partial charge in [-0.1, -0.05) is 12.5 Å². The number of β-amino-alcohol motifs (C(OH)–C–C–N with tert-alkyl or cyclic N) is 1. The molecule has 3 rings (SSSR count). The number of aliphatic hydroxyl groups is 1. The summed E-state index contributed by atoms with van der Waals surface area (Å²) in [6.45, 7) is 2.85. The van der Waals surface area contributed by atoms with Crippen LogP contribution in [-0.4, -0.2) is 49.2 Å². The van der Waals surface area contributed by atoms with E-state index in [-0.39, 0.29) is 12.5 Å². The molecule has 2 heterocycles. The Labute approximate surface area is 125 Å². The minimum Gasteiger partial charge on any atom is -0.482 e. The zero-order valence-corrected chi connectivity index (χ0v) is 12.4. The number of carbonyl (C=O) groups excluding carboxylic acids is 1. The molecule has 1 aromatic carbocycles. The maximum atomic E-state index is 11.7. The maximum absolute atomic E-state index is 11.7. The summed E-state index contributed by atoms with van der Waals surface area (Å²) in [5.74, 6) is 0.635. The van der Waals surface area contributed by atoms with E-state index in [1.807, 2.05) is 18.2 Å². The molecule has 1 saturated heterocycles. The second-order valence-electron chi connectivity index (χ2n) is 5.85. The number of anilines is 1. The van der Waals surface area contributed by atoms with E-state index in [1.54, 1.807) is 11.9 Å². The number of ether oxygens (including phenoxy) is 1. The first kappa shape index (κ1) is 14.4. The molecular formula is C16H22N2O3. The number of carbonyl (C=O) groups is 1. The van der Waals surface area contributed by atoms with Crippen molar-refractivity contribution < 1.29 is 14.6 Å². The van der Waals surface area contributed by atoms with Gasteiger partial charge in [-0.2, -0.15) is 0 Å². The van der Waals surface area contributed by atoms with Gasteiger partial charge in [0.15, 0.2) is 6.61 Å². The van der Waals surface area contributed by atoms with E-state index in [4.69, 9.17) is 4.74 Å². The van der Waals surface area contributed by atoms with E-state index >= 15 is 0 Å². The number of likely N-dealkylation sites (tertiary alicyclic amines) is 1. The van der Waals surface area contributed by atoms with Crippen LogP contribution in [0.2, 0.25) is 0 Å². The van der Waals surface area contributed by atoms with Crippen molar-refractivity contribution in [2.24, 2.45) is 0 Å². The number of likely N-dealkylation sites (N-methyl/N-ethyl adjacent to an activating group) is 1. The molecule has 1 atom stereocenters. The van der Waals surface area contributed by atoms with Crippen LogP contribution in [0.4, 0.5) is 5.69 Å². The highest BCUT2D eigenvalue weighted by atomic mass is 16.5. The number of amides is 1. The molecule has 1 fully saturated rings. The molecule has 0 aromatic heterocycles. The molecule has 0 aliphatic carbocycles. The first-order valence-corrected chi connectivity index (χ1v) is 7.59. The van der Waals surface area contributed by atoms with Gasteiger partial charge in [-0.3, -0.25) is 4.79 Å². The van der Waals surface area contributed by atoms with Gasteiger partial charge < -0.3 is 19.6 Å². The Kier molecular flexibility index (Phi) is 4.12. The van der Waals surface area contributed by atoms with E-state index in [0.717, 1.165) is 24.3 Å². The summed E-state index contributed by atoms with van der Waals surface area (Å²) in [4.78, 5) is 15.6. The fourth-order valence-electron chi connectivity index (χ4n) is 2.99. The monoisotopic (exact) mass is 290 g/mol. The summed E-state index contributed by atoms with van der Waals surface area (Å²) in [7, 11) is 1.74. The maximum Gasteiger partial charge on any atom is 0.264 e. The Morgan fingerprint density at radius 1 is 1.29 bits per heavy atom. The van der Waals surface area contributed by atoms with Gasteiger partial charge in [0, 0.05) is 13.6 Å². The second kappa shape index (κ2) is 6.03. The fourth-order valence-corrected chi connectivity index (χ4v) is 2.99. The fraction of sp³-hybridized carbons (Fsp3) is 0.562. The summed E-state index contributed by atoms with van der Waals surface area (Å²) in [6, 6.07) is 5.59. The van der Waals surface area contributed by atoms with E-state index in [9.17, 15) is 9.90 Å². The van der Waals surface area contributed by atoms with E-state index in [0.29, 0.717) is 12.3 Å². The number of hydrogen-bond acceptors (Lipinski definition) is 4. The van der Waals surface area contributed by atoms with Crippen molar-refractivity contribution in [1.82, 2.24) is 4.90 Å². The van der Waals surface area contributed by atoms with Gasteiger partial charge in [-0.15, -0.1) is 0 Å². The molecule has 1 unspecified atom stereocenters. The molecule has 2 aliphatic heterocycles. The van der Waals surface area contributed by atoms with Crippen molar-refractivity contribution in [3.8, 4) is 5.75 Å². The molecule has 5 nitrogen and oxygen atoms in total. The molecule has 114 valence electrons. The standard InChI is InChI=1S/C16H22N2O3/c1-17-13-9-12(5-6-15(13)21-11-16(17)20)14(19)10-18-7-3-2-4-8-18/h5-6,9,14,19H,2-4,7-8,10-11H2,1H3. The van der Waals surface area contributed by atoms with Crippen LogP contribution in [0.1, 0.15) is 30.9 Å². The average molecular weight is 290 g/mol. The lowest BCUT2D eigenvalue weighted by molar-refractivity contribution is -0.120. The molecule has 21 heavy (non-hydrogen) atoms. The number of aliphatic hydroxyl groups excluding tert-OH is 1. The number of benzene rings is 1. The summed E-state index contributed by atoms with van der Waals surface area (Å²) < 4.78 is 5.41. The smallest absolute Gasteiger partial charge is 0.264 e. The number of rotatable bonds is 3. The summed E-state index contributed by atoms with van der Waals surface area (Å²) in [6.07, 6.45) is 3.18. The van der Waals surface area contributed by atoms with Gasteiger partial charge in [0.2, 0.25) is 0 Å². The van der Waals surface area contributed by atoms with Crippen LogP contribution >= 0.6 is 0 Å². The number of fused-ring (bicyclic) bond motifs is 1. The summed E-state index contributed by atoms with van der Waals surface area (Å²) in [5, 5.41) is 10.4. The lowest BCUT2D eigenvalue weighted by atomic mass is 10.0. The Balaban J connectivity index is 1.74. The summed E-state index contributed by atoms with van der Waals surface area (Å²) >= 11 is 0. The highest BCUT2D eigenvalue weighted by Gasteiger charge is 2.24. The third kappa shape index (κ3) is 3.04. The highest BCUT2D eigenvalue weighted by Crippen LogP contribution is 2.33. The minimum absolute atomic E-state index is 0.0647. The Hall–Kier alpha value is -1.59. The largest absolute Gasteiger partial charge is 0.482 e. The third-order valence-electron chi connectivity index (χ3n) is 4.33. The SMILES string of the molecule is CN1C(=O)COc2ccc(C(O)CN3CCCCC3)cc21. The number of hydrogen-bond donors (Lipinski definition) is 1. The van der Waals surface area contributed by atoms with Gasteiger partial charge in [0.1, 0.15) is 5.75 Å². The molecular weight excluding hydrogens is 268 g/mol. The molecule has 1 amide bonds. The predicted molar refractivity (Wildman–Crippen MR) is 80.6 cm³/mol. The predicted octanol–water partition coefficient (Wildman–Crippen LogP) is 1.56. The molecule has 0 saturated carbocycles. The van der Waals surface area contributed by atoms with Crippen LogP contribution in [0.3, 0.4) is 0 Å². The van der Waals surface area contributed by atoms with E-state index < -0.39 is 6.10 Å². The highest BCUT2D eigenvalue weighted by molar-refractivity contribution is 5.97. The summed E-state index contributed by atoms with van der Waals surface area (Å²) in [5.41, 5.74) is 1.57. The molecule has 5 heteroatoms. The number of nitrogens with zero attached hydrogens (tertiary/aromatic N) is 2. The third-order valence-corrected chi connectivity index (χ3v) is 4.33. The van der Waals surface area contributed by atoms with Crippen molar-refractivity contribution in [2.45, 2.75) is 25.4 Å². The van der Waals surface area contributed by atoms with Crippen molar-refractivity contribution in [3.05, 3.63) is 23.8 Å². The van der Waals surface area contributed by atoms with Crippen molar-refractivity contribution in [1.29, 1.82) is 0 Å². The zero-order valence-electron chi connectivity index (χ0n) is 12.4. The van der Waals surface area contributed by atoms with Gasteiger partial charge in [0.05, 0.1) is 11.8 Å². The Morgan fingerprint density at radius 3 is 2.81 bits per heavy atom. The minimum atomic E-state index is -0.529. The van der Waals surface area contributed by atoms with E-state index in [1.165, 1.54) is 19.3 Å². The second-order valence-corrected chi connectivity index (χ2v) is 5.85. The van der Waals surface area contributed by atoms with Gasteiger partial charge in [0.25, 0.3) is 5.91 Å². The lowest BCUT2D eigenvalue weighted by Gasteiger charge is -2.30. The molecule has 2 aliphatic rings. The van der Waals surface area contributed by atoms with Crippen LogP contribution in [0.25, 0.3) is 0 Å². The Morgan fingerprint density at radius 2 is 2.05 bits per heavy atom. The van der Waals surface area contributed by atoms with Crippen molar-refractivity contribution in [3.63, 3.8) is 0 Å². The molecule has 1 N–H and O–H groups in total. The van der Waals surface area contributed by atoms with Crippen LogP contribution in [-0.2, 0) is 4.79 Å². The molecule has 0 spiro atoms. The number of piperidine rings is 1. The molecule has 0 bridgehead atoms. The van der Waals surface area contributed by atoms with Crippen molar-refractivity contribution >= 4 is 11.6 Å². The van der Waals surface area contributed by atoms with Crippen LogP contribution in [0.5, 0.6) is 5.75 Å². The first-order chi connectivity index (χ1) is 10.1. The van der Waals surface area contributed by atoms with E-state index in [2.05, 4.69) is 4.90 Å². The topological polar surface area (TPSA) is 53.0 Å². The molecule has 1 aromatic rings. The van der Waals surface area contributed by atoms with Crippen LogP contribution in [0.15, 0.2) is 18.2 Å². The zero-order chi connectivity index (χ0) is 14.8. The quantitative estimate of drug-likeness (QED) is 0.918. The van der Waals surface area contributed by atoms with Crippen molar-refractivity contribution in [2.75, 3.05) is 38.2 Å². The van der Waals surface area contributed by atoms with Gasteiger partial charge >= 0.3 is 0 Å². The first-order valence-electron chi connectivity index (χ1n) is 7.59. The Bertz CT molecular complexity index is 526. The molecule has 0 radical (unpaired) electrons. The van der Waals surface area contributed by atoms with Crippen LogP contribution < -0.4 is 9.64 Å². The lowest BCUT2D eigenvalue weighted by Crippen LogP contribution is -2.36. The van der Waals surface area contributed by atoms with Gasteiger partial charge in [-0.05, 0) is 43.6 Å². The normalized spacial score (nSPS) is 20.9. The van der Waals surface area contributed by atoms with Crippen LogP contribution in [0, 0.1) is 0 Å². The van der Waals surface area contributed by atoms with Gasteiger partial charge in [-0.25, -0.2) is 0 Å². The average Bonchev–Trinajstić information content (AvgIpc) is 2.52.